The molecule has 5 atom stereocenters. The molecule has 1 spiro atoms. The van der Waals surface area contributed by atoms with Gasteiger partial charge in [0.2, 0.25) is 6.79 Å². The summed E-state index contributed by atoms with van der Waals surface area (Å²) in [4.78, 5) is 15.3. The van der Waals surface area contributed by atoms with Crippen molar-refractivity contribution in [2.75, 3.05) is 27.5 Å². The lowest BCUT2D eigenvalue weighted by molar-refractivity contribution is -0.237. The molecule has 1 aliphatic carbocycles. The van der Waals surface area contributed by atoms with E-state index in [0.717, 1.165) is 13.0 Å². The fourth-order valence-electron chi connectivity index (χ4n) is 5.92. The quantitative estimate of drug-likeness (QED) is 0.447. The zero-order valence-corrected chi connectivity index (χ0v) is 16.5. The molecule has 7 heteroatoms. The number of hydrogen-bond donors (Lipinski definition) is 1. The summed E-state index contributed by atoms with van der Waals surface area (Å²) >= 11 is 0. The molecule has 7 nitrogen and oxygen atoms in total. The molecule has 5 aliphatic rings. The molecule has 3 fully saturated rings. The summed E-state index contributed by atoms with van der Waals surface area (Å²) in [7, 11) is 3.80. The van der Waals surface area contributed by atoms with Gasteiger partial charge in [-0.15, -0.1) is 6.58 Å². The number of ether oxygens (including phenoxy) is 4. The van der Waals surface area contributed by atoms with Crippen molar-refractivity contribution in [2.45, 2.75) is 43.7 Å². The Morgan fingerprint density at radius 3 is 2.96 bits per heavy atom. The smallest absolute Gasteiger partial charge is 0.336 e. The Balaban J connectivity index is 1.67. The molecule has 0 bridgehead atoms. The monoisotopic (exact) mass is 386 g/mol. The van der Waals surface area contributed by atoms with Crippen LogP contribution in [-0.2, 0) is 23.7 Å². The van der Waals surface area contributed by atoms with Crippen LogP contribution < -0.4 is 5.32 Å². The first kappa shape index (κ1) is 18.0. The molecular formula is C21H26N2O5. The van der Waals surface area contributed by atoms with Gasteiger partial charge in [-0.25, -0.2) is 4.79 Å². The van der Waals surface area contributed by atoms with Crippen molar-refractivity contribution in [1.29, 1.82) is 0 Å². The van der Waals surface area contributed by atoms with Crippen molar-refractivity contribution in [2.24, 2.45) is 5.41 Å². The molecule has 0 aromatic heterocycles. The molecule has 0 aromatic rings. The molecule has 28 heavy (non-hydrogen) atoms. The second kappa shape index (κ2) is 5.95. The summed E-state index contributed by atoms with van der Waals surface area (Å²) < 4.78 is 22.7. The summed E-state index contributed by atoms with van der Waals surface area (Å²) in [5, 5.41) is 3.74. The highest BCUT2D eigenvalue weighted by molar-refractivity contribution is 5.93. The SMILES string of the molecule is C=CCC12C3NC14C(=CC(OC)C2OC(=O)C3=CC1=C(C)OCO1)CCN4C. The lowest BCUT2D eigenvalue weighted by atomic mass is 9.49. The summed E-state index contributed by atoms with van der Waals surface area (Å²) in [5.41, 5.74) is 1.16. The van der Waals surface area contributed by atoms with Crippen LogP contribution in [0.5, 0.6) is 0 Å². The van der Waals surface area contributed by atoms with Crippen LogP contribution in [0.3, 0.4) is 0 Å². The summed E-state index contributed by atoms with van der Waals surface area (Å²) in [6.07, 6.45) is 6.86. The van der Waals surface area contributed by atoms with Crippen molar-refractivity contribution in [1.82, 2.24) is 10.2 Å². The van der Waals surface area contributed by atoms with Crippen LogP contribution in [0.15, 0.2) is 47.5 Å². The van der Waals surface area contributed by atoms with E-state index in [2.05, 4.69) is 29.9 Å². The Labute approximate surface area is 164 Å². The van der Waals surface area contributed by atoms with E-state index < -0.39 is 0 Å². The van der Waals surface area contributed by atoms with Gasteiger partial charge in [-0.05, 0) is 44.5 Å². The van der Waals surface area contributed by atoms with Gasteiger partial charge in [0.1, 0.15) is 23.6 Å². The molecule has 0 saturated carbocycles. The van der Waals surface area contributed by atoms with Gasteiger partial charge in [-0.2, -0.15) is 0 Å². The van der Waals surface area contributed by atoms with E-state index >= 15 is 0 Å². The summed E-state index contributed by atoms with van der Waals surface area (Å²) in [5.74, 6) is 0.912. The number of carbonyl (C=O) groups is 1. The highest BCUT2D eigenvalue weighted by Crippen LogP contribution is 2.65. The van der Waals surface area contributed by atoms with Gasteiger partial charge in [0.15, 0.2) is 5.76 Å². The van der Waals surface area contributed by atoms with Gasteiger partial charge in [0, 0.05) is 13.7 Å². The van der Waals surface area contributed by atoms with E-state index in [9.17, 15) is 4.79 Å². The maximum atomic E-state index is 13.0. The second-order valence-electron chi connectivity index (χ2n) is 8.14. The second-order valence-corrected chi connectivity index (χ2v) is 8.14. The maximum Gasteiger partial charge on any atom is 0.336 e. The number of rotatable bonds is 4. The molecule has 5 rings (SSSR count). The van der Waals surface area contributed by atoms with Gasteiger partial charge in [0.25, 0.3) is 0 Å². The lowest BCUT2D eigenvalue weighted by Crippen LogP contribution is -2.90. The minimum Gasteiger partial charge on any atom is -0.458 e. The molecule has 0 aromatic carbocycles. The number of nitrogens with one attached hydrogen (secondary N) is 1. The predicted octanol–water partition coefficient (Wildman–Crippen LogP) is 1.60. The highest BCUT2D eigenvalue weighted by atomic mass is 16.7. The van der Waals surface area contributed by atoms with Crippen LogP contribution in [0.25, 0.3) is 0 Å². The first-order valence-corrected chi connectivity index (χ1v) is 9.72. The molecule has 0 amide bonds. The standard InChI is InChI=1S/C21H26N2O5/c1-5-7-20-17-14(10-15-12(2)26-11-27-15)19(24)28-18(20)16(25-4)9-13-6-8-23(3)21(13,20)22-17/h5,9-10,16-18,22H,1,6-8,11H2,2-4H3. The van der Waals surface area contributed by atoms with E-state index in [0.29, 0.717) is 23.5 Å². The van der Waals surface area contributed by atoms with Crippen molar-refractivity contribution >= 4 is 5.97 Å². The van der Waals surface area contributed by atoms with Crippen molar-refractivity contribution in [3.63, 3.8) is 0 Å². The fourth-order valence-corrected chi connectivity index (χ4v) is 5.92. The summed E-state index contributed by atoms with van der Waals surface area (Å²) in [6.45, 7) is 6.97. The van der Waals surface area contributed by atoms with Gasteiger partial charge in [-0.1, -0.05) is 6.08 Å². The number of methoxy groups -OCH3 is 1. The third-order valence-corrected chi connectivity index (χ3v) is 7.13. The molecule has 150 valence electrons. The lowest BCUT2D eigenvalue weighted by Gasteiger charge is -2.72. The average molecular weight is 386 g/mol. The van der Waals surface area contributed by atoms with E-state index in [1.54, 1.807) is 13.2 Å². The maximum absolute atomic E-state index is 13.0. The molecule has 0 radical (unpaired) electrons. The molecule has 1 N–H and O–H groups in total. The van der Waals surface area contributed by atoms with E-state index in [-0.39, 0.29) is 42.1 Å². The van der Waals surface area contributed by atoms with Crippen LogP contribution in [-0.4, -0.2) is 62.3 Å². The Kier molecular flexibility index (Phi) is 3.82. The molecule has 3 saturated heterocycles. The molecule has 4 aliphatic heterocycles. The van der Waals surface area contributed by atoms with Crippen molar-refractivity contribution in [3.8, 4) is 0 Å². The van der Waals surface area contributed by atoms with Gasteiger partial charge >= 0.3 is 5.97 Å². The predicted molar refractivity (Wildman–Crippen MR) is 101 cm³/mol. The van der Waals surface area contributed by atoms with Crippen molar-refractivity contribution < 1.29 is 23.7 Å². The average Bonchev–Trinajstić information content (AvgIpc) is 3.22. The van der Waals surface area contributed by atoms with Crippen LogP contribution in [0.1, 0.15) is 19.8 Å². The highest BCUT2D eigenvalue weighted by Gasteiger charge is 2.78. The number of hydrogen-bond acceptors (Lipinski definition) is 7. The van der Waals surface area contributed by atoms with Crippen LogP contribution in [0.2, 0.25) is 0 Å². The van der Waals surface area contributed by atoms with Gasteiger partial charge in [0.05, 0.1) is 17.0 Å². The fraction of sp³-hybridized carbons (Fsp3) is 0.571. The largest absolute Gasteiger partial charge is 0.458 e. The zero-order valence-electron chi connectivity index (χ0n) is 16.5. The van der Waals surface area contributed by atoms with E-state index in [4.69, 9.17) is 18.9 Å². The Hall–Kier alpha value is -2.09. The van der Waals surface area contributed by atoms with Gasteiger partial charge < -0.3 is 18.9 Å². The zero-order chi connectivity index (χ0) is 19.7. The third-order valence-electron chi connectivity index (χ3n) is 7.13. The Morgan fingerprint density at radius 1 is 1.46 bits per heavy atom. The topological polar surface area (TPSA) is 69.3 Å². The molecule has 5 unspecified atom stereocenters. The van der Waals surface area contributed by atoms with E-state index in [1.165, 1.54) is 5.57 Å². The number of esters is 1. The third kappa shape index (κ3) is 1.92. The number of likely N-dealkylation sites (N-methyl/N-ethyl adjacent to an activating group) is 1. The molecule has 4 heterocycles. The van der Waals surface area contributed by atoms with Gasteiger partial charge in [-0.3, -0.25) is 10.2 Å². The van der Waals surface area contributed by atoms with Crippen LogP contribution in [0, 0.1) is 5.41 Å². The number of nitrogens with zero attached hydrogens (tertiary/aromatic N) is 1. The number of likely N-dealkylation sites (tertiary alicyclic amines) is 1. The minimum atomic E-state index is -0.383. The van der Waals surface area contributed by atoms with E-state index in [1.807, 2.05) is 13.0 Å². The van der Waals surface area contributed by atoms with Crippen molar-refractivity contribution in [3.05, 3.63) is 47.5 Å². The normalized spacial score (nSPS) is 42.8. The number of carbonyl (C=O) groups excluding carboxylic acids is 1. The molecular weight excluding hydrogens is 360 g/mol. The van der Waals surface area contributed by atoms with Crippen LogP contribution >= 0.6 is 0 Å². The Morgan fingerprint density at radius 2 is 2.29 bits per heavy atom. The number of allylic oxidation sites excluding steroid dienone is 3. The van der Waals surface area contributed by atoms with Crippen LogP contribution in [0.4, 0.5) is 0 Å². The summed E-state index contributed by atoms with van der Waals surface area (Å²) in [6, 6.07) is -0.178. The minimum absolute atomic E-state index is 0.170. The Bertz CT molecular complexity index is 846. The first-order chi connectivity index (χ1) is 13.5. The first-order valence-electron chi connectivity index (χ1n) is 9.72.